The second-order valence-corrected chi connectivity index (χ2v) is 6.87. The smallest absolute Gasteiger partial charge is 0.227 e. The Kier molecular flexibility index (Phi) is 6.61. The van der Waals surface area contributed by atoms with E-state index in [2.05, 4.69) is 4.98 Å². The fourth-order valence-corrected chi connectivity index (χ4v) is 3.27. The summed E-state index contributed by atoms with van der Waals surface area (Å²) in [5.74, 6) is 0.801. The summed E-state index contributed by atoms with van der Waals surface area (Å²) in [5, 5.41) is 12.6. The molecule has 1 amide bonds. The Balaban J connectivity index is 1.73. The Morgan fingerprint density at radius 2 is 2.00 bits per heavy atom. The van der Waals surface area contributed by atoms with Crippen molar-refractivity contribution in [3.05, 3.63) is 72.1 Å². The number of nitrogens with zero attached hydrogens (tertiary/aromatic N) is 2. The third-order valence-corrected chi connectivity index (χ3v) is 4.78. The number of carbonyl (C=O) groups excluding carboxylic acids is 1. The molecule has 0 saturated carbocycles. The first-order valence-corrected chi connectivity index (χ1v) is 9.53. The van der Waals surface area contributed by atoms with Gasteiger partial charge in [-0.3, -0.25) is 9.78 Å². The van der Waals surface area contributed by atoms with E-state index < -0.39 is 6.10 Å². The van der Waals surface area contributed by atoms with Gasteiger partial charge in [0, 0.05) is 24.5 Å². The number of rotatable bonds is 8. The van der Waals surface area contributed by atoms with Crippen LogP contribution in [-0.2, 0) is 11.2 Å². The van der Waals surface area contributed by atoms with Crippen molar-refractivity contribution >= 4 is 16.7 Å². The first-order valence-electron chi connectivity index (χ1n) is 9.53. The summed E-state index contributed by atoms with van der Waals surface area (Å²) in [5.41, 5.74) is 1.66. The third kappa shape index (κ3) is 4.87. The third-order valence-electron chi connectivity index (χ3n) is 4.78. The lowest BCUT2D eigenvalue weighted by Gasteiger charge is -2.25. The Hall–Kier alpha value is -2.92. The molecule has 1 aromatic heterocycles. The number of hydrogen-bond acceptors (Lipinski definition) is 4. The van der Waals surface area contributed by atoms with Crippen molar-refractivity contribution in [1.29, 1.82) is 0 Å². The Morgan fingerprint density at radius 1 is 1.18 bits per heavy atom. The standard InChI is InChI=1S/C23H26N2O3/c1-3-11-25(16-22(26)19-5-4-10-24-15-19)23(27)13-17-6-7-18-8-9-21(28-2)14-20(18)12-17/h4-10,12,14-15,22,26H,3,11,13,16H2,1-2H3. The van der Waals surface area contributed by atoms with Crippen LogP contribution in [0, 0.1) is 0 Å². The first kappa shape index (κ1) is 19.8. The number of ether oxygens (including phenoxy) is 1. The quantitative estimate of drug-likeness (QED) is 0.648. The van der Waals surface area contributed by atoms with E-state index in [0.717, 1.165) is 28.5 Å². The number of fused-ring (bicyclic) bond motifs is 1. The number of pyridine rings is 1. The van der Waals surface area contributed by atoms with E-state index in [1.165, 1.54) is 0 Å². The molecule has 0 saturated heterocycles. The lowest BCUT2D eigenvalue weighted by Crippen LogP contribution is -2.36. The number of methoxy groups -OCH3 is 1. The van der Waals surface area contributed by atoms with Gasteiger partial charge in [0.25, 0.3) is 0 Å². The minimum atomic E-state index is -0.745. The van der Waals surface area contributed by atoms with Gasteiger partial charge in [0.1, 0.15) is 5.75 Å². The van der Waals surface area contributed by atoms with E-state index in [1.807, 2.05) is 49.4 Å². The second-order valence-electron chi connectivity index (χ2n) is 6.87. The molecule has 0 spiro atoms. The molecule has 2 aromatic carbocycles. The highest BCUT2D eigenvalue weighted by atomic mass is 16.5. The molecule has 5 heteroatoms. The molecule has 0 fully saturated rings. The van der Waals surface area contributed by atoms with Crippen LogP contribution in [0.25, 0.3) is 10.8 Å². The molecule has 28 heavy (non-hydrogen) atoms. The lowest BCUT2D eigenvalue weighted by atomic mass is 10.0. The number of hydrogen-bond donors (Lipinski definition) is 1. The molecule has 1 unspecified atom stereocenters. The van der Waals surface area contributed by atoms with Gasteiger partial charge in [-0.15, -0.1) is 0 Å². The maximum absolute atomic E-state index is 12.9. The molecule has 1 N–H and O–H groups in total. The summed E-state index contributed by atoms with van der Waals surface area (Å²) in [6, 6.07) is 15.5. The van der Waals surface area contributed by atoms with E-state index in [9.17, 15) is 9.90 Å². The van der Waals surface area contributed by atoms with Crippen molar-refractivity contribution < 1.29 is 14.6 Å². The van der Waals surface area contributed by atoms with Crippen LogP contribution in [-0.4, -0.2) is 41.1 Å². The Labute approximate surface area is 165 Å². The van der Waals surface area contributed by atoms with Crippen LogP contribution in [0.5, 0.6) is 5.75 Å². The largest absolute Gasteiger partial charge is 0.497 e. The van der Waals surface area contributed by atoms with Gasteiger partial charge < -0.3 is 14.7 Å². The Bertz CT molecular complexity index is 928. The van der Waals surface area contributed by atoms with Gasteiger partial charge in [0.05, 0.1) is 26.2 Å². The number of benzene rings is 2. The van der Waals surface area contributed by atoms with Gasteiger partial charge in [0.15, 0.2) is 0 Å². The van der Waals surface area contributed by atoms with Crippen molar-refractivity contribution in [3.8, 4) is 5.75 Å². The zero-order chi connectivity index (χ0) is 19.9. The van der Waals surface area contributed by atoms with Crippen LogP contribution in [0.1, 0.15) is 30.6 Å². The normalized spacial score (nSPS) is 12.0. The highest BCUT2D eigenvalue weighted by molar-refractivity contribution is 5.86. The maximum Gasteiger partial charge on any atom is 0.227 e. The summed E-state index contributed by atoms with van der Waals surface area (Å²) in [7, 11) is 1.64. The highest BCUT2D eigenvalue weighted by Gasteiger charge is 2.18. The van der Waals surface area contributed by atoms with E-state index in [0.29, 0.717) is 18.5 Å². The van der Waals surface area contributed by atoms with Gasteiger partial charge in [-0.05, 0) is 41.0 Å². The number of amides is 1. The van der Waals surface area contributed by atoms with Crippen LogP contribution in [0.3, 0.4) is 0 Å². The number of aliphatic hydroxyl groups excluding tert-OH is 1. The predicted octanol–water partition coefficient (Wildman–Crippen LogP) is 3.76. The van der Waals surface area contributed by atoms with Crippen LogP contribution >= 0.6 is 0 Å². The summed E-state index contributed by atoms with van der Waals surface area (Å²) < 4.78 is 5.29. The molecule has 0 aliphatic heterocycles. The van der Waals surface area contributed by atoms with E-state index in [4.69, 9.17) is 4.74 Å². The zero-order valence-electron chi connectivity index (χ0n) is 16.3. The molecule has 146 valence electrons. The van der Waals surface area contributed by atoms with E-state index >= 15 is 0 Å². The fourth-order valence-electron chi connectivity index (χ4n) is 3.27. The molecule has 3 aromatic rings. The summed E-state index contributed by atoms with van der Waals surface area (Å²) >= 11 is 0. The zero-order valence-corrected chi connectivity index (χ0v) is 16.3. The molecular weight excluding hydrogens is 352 g/mol. The van der Waals surface area contributed by atoms with Crippen molar-refractivity contribution in [2.24, 2.45) is 0 Å². The first-order chi connectivity index (χ1) is 13.6. The van der Waals surface area contributed by atoms with Crippen molar-refractivity contribution in [3.63, 3.8) is 0 Å². The molecule has 0 aliphatic rings. The van der Waals surface area contributed by atoms with Crippen LogP contribution in [0.15, 0.2) is 60.9 Å². The molecule has 0 bridgehead atoms. The minimum Gasteiger partial charge on any atom is -0.497 e. The second kappa shape index (κ2) is 9.33. The van der Waals surface area contributed by atoms with Gasteiger partial charge in [-0.1, -0.05) is 37.3 Å². The SMILES string of the molecule is CCCN(CC(O)c1cccnc1)C(=O)Cc1ccc2ccc(OC)cc2c1. The molecule has 1 atom stereocenters. The summed E-state index contributed by atoms with van der Waals surface area (Å²) in [4.78, 5) is 18.7. The molecule has 0 aliphatic carbocycles. The average molecular weight is 378 g/mol. The van der Waals surface area contributed by atoms with Crippen LogP contribution in [0.2, 0.25) is 0 Å². The summed E-state index contributed by atoms with van der Waals surface area (Å²) in [6.45, 7) is 2.90. The van der Waals surface area contributed by atoms with Crippen LogP contribution in [0.4, 0.5) is 0 Å². The van der Waals surface area contributed by atoms with E-state index in [1.54, 1.807) is 30.5 Å². The summed E-state index contributed by atoms with van der Waals surface area (Å²) in [6.07, 6.45) is 3.69. The number of aromatic nitrogens is 1. The fraction of sp³-hybridized carbons (Fsp3) is 0.304. The van der Waals surface area contributed by atoms with Crippen LogP contribution < -0.4 is 4.74 Å². The average Bonchev–Trinajstić information content (AvgIpc) is 2.73. The van der Waals surface area contributed by atoms with Crippen molar-refractivity contribution in [1.82, 2.24) is 9.88 Å². The van der Waals surface area contributed by atoms with Gasteiger partial charge in [0.2, 0.25) is 5.91 Å². The van der Waals surface area contributed by atoms with E-state index in [-0.39, 0.29) is 12.5 Å². The molecule has 0 radical (unpaired) electrons. The number of aliphatic hydroxyl groups is 1. The molecule has 1 heterocycles. The van der Waals surface area contributed by atoms with Gasteiger partial charge in [-0.2, -0.15) is 0 Å². The highest BCUT2D eigenvalue weighted by Crippen LogP contribution is 2.22. The topological polar surface area (TPSA) is 62.7 Å². The molecular formula is C23H26N2O3. The van der Waals surface area contributed by atoms with Gasteiger partial charge >= 0.3 is 0 Å². The maximum atomic E-state index is 12.9. The lowest BCUT2D eigenvalue weighted by molar-refractivity contribution is -0.132. The molecule has 5 nitrogen and oxygen atoms in total. The minimum absolute atomic E-state index is 0.00652. The van der Waals surface area contributed by atoms with Crippen molar-refractivity contribution in [2.45, 2.75) is 25.9 Å². The Morgan fingerprint density at radius 3 is 2.71 bits per heavy atom. The predicted molar refractivity (Wildman–Crippen MR) is 110 cm³/mol. The molecule has 3 rings (SSSR count). The van der Waals surface area contributed by atoms with Gasteiger partial charge in [-0.25, -0.2) is 0 Å². The monoisotopic (exact) mass is 378 g/mol. The van der Waals surface area contributed by atoms with Crippen molar-refractivity contribution in [2.75, 3.05) is 20.2 Å². The number of carbonyl (C=O) groups is 1.